The summed E-state index contributed by atoms with van der Waals surface area (Å²) >= 11 is 9.42. The fourth-order valence-corrected chi connectivity index (χ4v) is 3.67. The fourth-order valence-electron chi connectivity index (χ4n) is 2.99. The van der Waals surface area contributed by atoms with E-state index in [-0.39, 0.29) is 11.5 Å². The highest BCUT2D eigenvalue weighted by atomic mass is 79.9. The molecule has 1 aromatic heterocycles. The molecule has 156 valence electrons. The Morgan fingerprint density at radius 3 is 2.40 bits per heavy atom. The number of hydrogen-bond acceptors (Lipinski definition) is 4. The third-order valence-corrected chi connectivity index (χ3v) is 5.64. The maximum atomic E-state index is 12.8. The SMILES string of the molecule is CCN(CC)c1ccccc1NC(=O)c1n[nH]c(NC(=O)c2ccccc2Cl)c1Br. The smallest absolute Gasteiger partial charge is 0.277 e. The van der Waals surface area contributed by atoms with Crippen molar-refractivity contribution in [1.29, 1.82) is 0 Å². The first-order valence-corrected chi connectivity index (χ1v) is 10.6. The summed E-state index contributed by atoms with van der Waals surface area (Å²) in [5, 5.41) is 12.6. The van der Waals surface area contributed by atoms with Crippen molar-refractivity contribution < 1.29 is 9.59 Å². The van der Waals surface area contributed by atoms with Gasteiger partial charge in [0.05, 0.1) is 26.4 Å². The largest absolute Gasteiger partial charge is 0.370 e. The molecule has 0 fully saturated rings. The number of hydrogen-bond donors (Lipinski definition) is 3. The summed E-state index contributed by atoms with van der Waals surface area (Å²) in [4.78, 5) is 27.4. The number of anilines is 3. The monoisotopic (exact) mass is 489 g/mol. The Balaban J connectivity index is 1.79. The molecule has 0 aliphatic rings. The van der Waals surface area contributed by atoms with Crippen molar-refractivity contribution in [2.45, 2.75) is 13.8 Å². The molecule has 3 N–H and O–H groups in total. The van der Waals surface area contributed by atoms with Gasteiger partial charge >= 0.3 is 0 Å². The molecule has 0 spiro atoms. The number of carbonyl (C=O) groups excluding carboxylic acids is 2. The van der Waals surface area contributed by atoms with Crippen LogP contribution in [0.5, 0.6) is 0 Å². The summed E-state index contributed by atoms with van der Waals surface area (Å²) in [5.74, 6) is -0.554. The number of aromatic amines is 1. The van der Waals surface area contributed by atoms with Crippen molar-refractivity contribution in [3.8, 4) is 0 Å². The number of amides is 2. The van der Waals surface area contributed by atoms with Crippen LogP contribution in [0.3, 0.4) is 0 Å². The maximum Gasteiger partial charge on any atom is 0.277 e. The molecule has 3 aromatic rings. The van der Waals surface area contributed by atoms with Crippen molar-refractivity contribution >= 4 is 56.5 Å². The van der Waals surface area contributed by atoms with Crippen molar-refractivity contribution in [3.63, 3.8) is 0 Å². The van der Waals surface area contributed by atoms with Gasteiger partial charge in [-0.25, -0.2) is 0 Å². The van der Waals surface area contributed by atoms with Crippen LogP contribution in [-0.2, 0) is 0 Å². The first-order chi connectivity index (χ1) is 14.5. The average Bonchev–Trinajstić information content (AvgIpc) is 3.10. The quantitative estimate of drug-likeness (QED) is 0.426. The molecule has 0 atom stereocenters. The minimum Gasteiger partial charge on any atom is -0.370 e. The number of halogens is 2. The van der Waals surface area contributed by atoms with E-state index in [2.05, 4.69) is 55.5 Å². The highest BCUT2D eigenvalue weighted by Crippen LogP contribution is 2.29. The lowest BCUT2D eigenvalue weighted by Gasteiger charge is -2.24. The van der Waals surface area contributed by atoms with E-state index in [9.17, 15) is 9.59 Å². The molecule has 1 heterocycles. The van der Waals surface area contributed by atoms with Gasteiger partial charge < -0.3 is 15.5 Å². The zero-order valence-electron chi connectivity index (χ0n) is 16.5. The molecular weight excluding hydrogens is 470 g/mol. The molecule has 0 aliphatic carbocycles. The molecule has 3 rings (SSSR count). The Kier molecular flexibility index (Phi) is 7.12. The molecule has 0 radical (unpaired) electrons. The number of nitrogens with zero attached hydrogens (tertiary/aromatic N) is 2. The maximum absolute atomic E-state index is 12.8. The van der Waals surface area contributed by atoms with Gasteiger partial charge in [-0.1, -0.05) is 35.9 Å². The first kappa shape index (κ1) is 21.9. The Morgan fingerprint density at radius 1 is 1.03 bits per heavy atom. The molecule has 0 unspecified atom stereocenters. The van der Waals surface area contributed by atoms with Crippen LogP contribution in [0.4, 0.5) is 17.2 Å². The second-order valence-corrected chi connectivity index (χ2v) is 7.54. The third kappa shape index (κ3) is 4.66. The molecule has 7 nitrogen and oxygen atoms in total. The van der Waals surface area contributed by atoms with E-state index in [1.54, 1.807) is 24.3 Å². The highest BCUT2D eigenvalue weighted by Gasteiger charge is 2.21. The van der Waals surface area contributed by atoms with Gasteiger partial charge in [0.2, 0.25) is 0 Å². The number of H-pyrrole nitrogens is 1. The molecule has 0 saturated carbocycles. The van der Waals surface area contributed by atoms with Gasteiger partial charge in [0.15, 0.2) is 5.69 Å². The van der Waals surface area contributed by atoms with Gasteiger partial charge in [0, 0.05) is 13.1 Å². The normalized spacial score (nSPS) is 10.5. The van der Waals surface area contributed by atoms with E-state index >= 15 is 0 Å². The Hall–Kier alpha value is -2.84. The van der Waals surface area contributed by atoms with Crippen LogP contribution in [0.25, 0.3) is 0 Å². The van der Waals surface area contributed by atoms with Crippen LogP contribution in [-0.4, -0.2) is 35.1 Å². The number of para-hydroxylation sites is 2. The summed E-state index contributed by atoms with van der Waals surface area (Å²) in [6.45, 7) is 5.74. The summed E-state index contributed by atoms with van der Waals surface area (Å²) < 4.78 is 0.348. The Bertz CT molecular complexity index is 1070. The summed E-state index contributed by atoms with van der Waals surface area (Å²) in [6, 6.07) is 14.3. The number of aromatic nitrogens is 2. The first-order valence-electron chi connectivity index (χ1n) is 9.41. The molecular formula is C21H21BrClN5O2. The van der Waals surface area contributed by atoms with Gasteiger partial charge in [-0.15, -0.1) is 0 Å². The van der Waals surface area contributed by atoms with Crippen molar-refractivity contribution in [1.82, 2.24) is 10.2 Å². The zero-order chi connectivity index (χ0) is 21.7. The van der Waals surface area contributed by atoms with Crippen molar-refractivity contribution in [3.05, 3.63) is 69.3 Å². The van der Waals surface area contributed by atoms with E-state index in [1.165, 1.54) is 0 Å². The highest BCUT2D eigenvalue weighted by molar-refractivity contribution is 9.10. The van der Waals surface area contributed by atoms with Crippen LogP contribution >= 0.6 is 27.5 Å². The zero-order valence-corrected chi connectivity index (χ0v) is 18.8. The number of carbonyl (C=O) groups is 2. The number of rotatable bonds is 7. The molecule has 0 bridgehead atoms. The second-order valence-electron chi connectivity index (χ2n) is 6.34. The third-order valence-electron chi connectivity index (χ3n) is 4.54. The van der Waals surface area contributed by atoms with Crippen molar-refractivity contribution in [2.24, 2.45) is 0 Å². The predicted molar refractivity (Wildman–Crippen MR) is 124 cm³/mol. The van der Waals surface area contributed by atoms with Gasteiger partial charge in [0.25, 0.3) is 11.8 Å². The minimum absolute atomic E-state index is 0.124. The van der Waals surface area contributed by atoms with Gasteiger partial charge in [-0.2, -0.15) is 5.10 Å². The molecule has 0 saturated heterocycles. The Labute approximate surface area is 187 Å². The summed E-state index contributed by atoms with van der Waals surface area (Å²) in [7, 11) is 0. The van der Waals surface area contributed by atoms with E-state index in [4.69, 9.17) is 11.6 Å². The Morgan fingerprint density at radius 2 is 1.70 bits per heavy atom. The summed E-state index contributed by atoms with van der Waals surface area (Å²) in [6.07, 6.45) is 0. The van der Waals surface area contributed by atoms with E-state index in [0.29, 0.717) is 20.7 Å². The molecule has 9 heteroatoms. The molecule has 2 amide bonds. The minimum atomic E-state index is -0.413. The van der Waals surface area contributed by atoms with E-state index < -0.39 is 11.8 Å². The lowest BCUT2D eigenvalue weighted by atomic mass is 10.2. The van der Waals surface area contributed by atoms with Gasteiger partial charge in [0.1, 0.15) is 5.82 Å². The standard InChI is InChI=1S/C21H21BrClN5O2/c1-3-28(4-2)16-12-8-7-11-15(16)24-21(30)18-17(22)19(27-26-18)25-20(29)13-9-5-6-10-14(13)23/h5-12H,3-4H2,1-2H3,(H,24,30)(H2,25,26,27,29). The van der Waals surface area contributed by atoms with Crippen LogP contribution in [0.1, 0.15) is 34.7 Å². The fraction of sp³-hybridized carbons (Fsp3) is 0.190. The second kappa shape index (κ2) is 9.77. The van der Waals surface area contributed by atoms with Crippen molar-refractivity contribution in [2.75, 3.05) is 28.6 Å². The van der Waals surface area contributed by atoms with E-state index in [1.807, 2.05) is 24.3 Å². The average molecular weight is 491 g/mol. The molecule has 2 aromatic carbocycles. The molecule has 30 heavy (non-hydrogen) atoms. The van der Waals surface area contributed by atoms with E-state index in [0.717, 1.165) is 18.8 Å². The number of benzene rings is 2. The lowest BCUT2D eigenvalue weighted by molar-refractivity contribution is 0.101. The summed E-state index contributed by atoms with van der Waals surface area (Å²) in [5.41, 5.74) is 2.05. The van der Waals surface area contributed by atoms with Gasteiger partial charge in [-0.05, 0) is 54.0 Å². The molecule has 0 aliphatic heterocycles. The van der Waals surface area contributed by atoms with Crippen LogP contribution in [0, 0.1) is 0 Å². The lowest BCUT2D eigenvalue weighted by Crippen LogP contribution is -2.24. The van der Waals surface area contributed by atoms with Gasteiger partial charge in [-0.3, -0.25) is 14.7 Å². The van der Waals surface area contributed by atoms with Crippen LogP contribution < -0.4 is 15.5 Å². The number of nitrogens with one attached hydrogen (secondary N) is 3. The van der Waals surface area contributed by atoms with Crippen LogP contribution in [0.2, 0.25) is 5.02 Å². The predicted octanol–water partition coefficient (Wildman–Crippen LogP) is 5.18. The van der Waals surface area contributed by atoms with Crippen LogP contribution in [0.15, 0.2) is 53.0 Å². The topological polar surface area (TPSA) is 90.1 Å².